The second-order valence-electron chi connectivity index (χ2n) is 6.00. The first kappa shape index (κ1) is 11.8. The fourth-order valence-corrected chi connectivity index (χ4v) is 3.94. The van der Waals surface area contributed by atoms with Gasteiger partial charge in [0.2, 0.25) is 0 Å². The topological polar surface area (TPSA) is 37.3 Å². The second kappa shape index (κ2) is 4.11. The lowest BCUT2D eigenvalue weighted by molar-refractivity contribution is -0.139. The van der Waals surface area contributed by atoms with E-state index in [0.717, 1.165) is 12.8 Å². The number of benzene rings is 1. The fraction of sp³-hybridized carbons (Fsp3) is 0.562. The highest BCUT2D eigenvalue weighted by Crippen LogP contribution is 2.55. The average molecular weight is 244 g/mol. The highest BCUT2D eigenvalue weighted by atomic mass is 16.4. The molecule has 0 amide bonds. The summed E-state index contributed by atoms with van der Waals surface area (Å²) in [5, 5.41) is 9.12. The van der Waals surface area contributed by atoms with Crippen molar-refractivity contribution in [2.75, 3.05) is 0 Å². The van der Waals surface area contributed by atoms with Gasteiger partial charge in [0.05, 0.1) is 0 Å². The third kappa shape index (κ3) is 1.66. The number of aryl methyl sites for hydroxylation is 2. The van der Waals surface area contributed by atoms with Crippen molar-refractivity contribution in [1.82, 2.24) is 0 Å². The minimum absolute atomic E-state index is 0.192. The van der Waals surface area contributed by atoms with Crippen LogP contribution in [0.5, 0.6) is 0 Å². The quantitative estimate of drug-likeness (QED) is 0.865. The molecule has 2 aliphatic carbocycles. The molecule has 1 spiro atoms. The summed E-state index contributed by atoms with van der Waals surface area (Å²) < 4.78 is 0. The van der Waals surface area contributed by atoms with Crippen molar-refractivity contribution >= 4 is 5.97 Å². The van der Waals surface area contributed by atoms with Crippen LogP contribution in [0.25, 0.3) is 0 Å². The molecule has 1 saturated carbocycles. The summed E-state index contributed by atoms with van der Waals surface area (Å²) in [6.07, 6.45) is 6.05. The van der Waals surface area contributed by atoms with Crippen LogP contribution in [0.4, 0.5) is 0 Å². The Hall–Kier alpha value is -1.31. The summed E-state index contributed by atoms with van der Waals surface area (Å²) in [6, 6.07) is 6.74. The Kier molecular flexibility index (Phi) is 2.69. The van der Waals surface area contributed by atoms with E-state index in [4.69, 9.17) is 5.11 Å². The predicted molar refractivity (Wildman–Crippen MR) is 70.8 cm³/mol. The number of hydrogen-bond donors (Lipinski definition) is 1. The molecule has 1 aromatic carbocycles. The van der Waals surface area contributed by atoms with Gasteiger partial charge in [-0.1, -0.05) is 30.2 Å². The summed E-state index contributed by atoms with van der Waals surface area (Å²) >= 11 is 0. The molecular formula is C16H20O2. The summed E-state index contributed by atoms with van der Waals surface area (Å²) in [6.45, 7) is 2.13. The monoisotopic (exact) mass is 244 g/mol. The van der Waals surface area contributed by atoms with Gasteiger partial charge >= 0.3 is 5.97 Å². The van der Waals surface area contributed by atoms with Gasteiger partial charge in [0.1, 0.15) is 0 Å². The van der Waals surface area contributed by atoms with Crippen molar-refractivity contribution in [2.45, 2.75) is 50.9 Å². The van der Waals surface area contributed by atoms with Gasteiger partial charge in [0, 0.05) is 6.42 Å². The summed E-state index contributed by atoms with van der Waals surface area (Å²) in [7, 11) is 0. The maximum absolute atomic E-state index is 11.1. The molecule has 1 atom stereocenters. The number of fused-ring (bicyclic) bond motifs is 2. The zero-order valence-corrected chi connectivity index (χ0v) is 10.9. The highest BCUT2D eigenvalue weighted by molar-refractivity contribution is 5.67. The van der Waals surface area contributed by atoms with Gasteiger partial charge in [-0.25, -0.2) is 0 Å². The molecule has 2 heteroatoms. The second-order valence-corrected chi connectivity index (χ2v) is 6.00. The molecule has 0 radical (unpaired) electrons. The Morgan fingerprint density at radius 1 is 1.44 bits per heavy atom. The number of hydrogen-bond acceptors (Lipinski definition) is 1. The van der Waals surface area contributed by atoms with Crippen molar-refractivity contribution in [3.05, 3.63) is 34.9 Å². The molecule has 1 N–H and O–H groups in total. The van der Waals surface area contributed by atoms with Gasteiger partial charge in [0.15, 0.2) is 0 Å². The van der Waals surface area contributed by atoms with Gasteiger partial charge in [0.25, 0.3) is 0 Å². The Morgan fingerprint density at radius 2 is 2.22 bits per heavy atom. The van der Waals surface area contributed by atoms with Crippen molar-refractivity contribution in [1.29, 1.82) is 0 Å². The van der Waals surface area contributed by atoms with Crippen LogP contribution in [0.1, 0.15) is 48.8 Å². The van der Waals surface area contributed by atoms with Gasteiger partial charge in [-0.2, -0.15) is 0 Å². The van der Waals surface area contributed by atoms with E-state index in [1.807, 2.05) is 0 Å². The number of aliphatic carboxylic acids is 1. The van der Waals surface area contributed by atoms with Crippen molar-refractivity contribution in [3.8, 4) is 0 Å². The van der Waals surface area contributed by atoms with Crippen LogP contribution in [-0.2, 0) is 16.6 Å². The molecule has 96 valence electrons. The molecule has 3 rings (SSSR count). The van der Waals surface area contributed by atoms with E-state index in [0.29, 0.717) is 12.3 Å². The molecule has 2 nitrogen and oxygen atoms in total. The molecule has 1 aromatic rings. The van der Waals surface area contributed by atoms with Crippen LogP contribution >= 0.6 is 0 Å². The molecule has 1 fully saturated rings. The predicted octanol–water partition coefficient (Wildman–Crippen LogP) is 3.45. The van der Waals surface area contributed by atoms with E-state index < -0.39 is 5.97 Å². The first-order valence-corrected chi connectivity index (χ1v) is 6.94. The van der Waals surface area contributed by atoms with E-state index in [1.165, 1.54) is 36.0 Å². The number of carbonyl (C=O) groups is 1. The van der Waals surface area contributed by atoms with Crippen molar-refractivity contribution in [2.24, 2.45) is 5.92 Å². The van der Waals surface area contributed by atoms with Crippen LogP contribution in [-0.4, -0.2) is 11.1 Å². The Bertz CT molecular complexity index is 486. The van der Waals surface area contributed by atoms with Gasteiger partial charge < -0.3 is 5.11 Å². The third-order valence-corrected chi connectivity index (χ3v) is 5.01. The van der Waals surface area contributed by atoms with Gasteiger partial charge in [-0.3, -0.25) is 4.79 Å². The van der Waals surface area contributed by atoms with Crippen LogP contribution in [0, 0.1) is 12.8 Å². The standard InChI is InChI=1S/C16H20O2/c1-11-3-4-12-5-6-13(10-15(17)18)16(7-2-8-16)14(12)9-11/h3-4,9,13H,2,5-8,10H2,1H3,(H,17,18). The summed E-state index contributed by atoms with van der Waals surface area (Å²) in [5.41, 5.74) is 4.42. The van der Waals surface area contributed by atoms with E-state index in [9.17, 15) is 4.79 Å². The Balaban J connectivity index is 2.02. The molecule has 0 heterocycles. The van der Waals surface area contributed by atoms with Gasteiger partial charge in [-0.05, 0) is 55.1 Å². The average Bonchev–Trinajstić information content (AvgIpc) is 2.25. The first-order chi connectivity index (χ1) is 8.62. The highest BCUT2D eigenvalue weighted by Gasteiger charge is 2.48. The minimum Gasteiger partial charge on any atom is -0.481 e. The molecule has 18 heavy (non-hydrogen) atoms. The van der Waals surface area contributed by atoms with E-state index in [2.05, 4.69) is 25.1 Å². The molecule has 0 bridgehead atoms. The third-order valence-electron chi connectivity index (χ3n) is 5.01. The molecule has 0 aliphatic heterocycles. The molecular weight excluding hydrogens is 224 g/mol. The minimum atomic E-state index is -0.637. The van der Waals surface area contributed by atoms with Crippen LogP contribution in [0.3, 0.4) is 0 Å². The lowest BCUT2D eigenvalue weighted by atomic mass is 9.52. The van der Waals surface area contributed by atoms with E-state index >= 15 is 0 Å². The molecule has 1 unspecified atom stereocenters. The zero-order chi connectivity index (χ0) is 12.8. The number of carboxylic acids is 1. The largest absolute Gasteiger partial charge is 0.481 e. The normalized spacial score (nSPS) is 24.4. The van der Waals surface area contributed by atoms with E-state index in [-0.39, 0.29) is 5.41 Å². The zero-order valence-electron chi connectivity index (χ0n) is 10.9. The molecule has 2 aliphatic rings. The summed E-state index contributed by atoms with van der Waals surface area (Å²) in [5.74, 6) is -0.291. The van der Waals surface area contributed by atoms with E-state index in [1.54, 1.807) is 0 Å². The Morgan fingerprint density at radius 3 is 2.83 bits per heavy atom. The van der Waals surface area contributed by atoms with Crippen LogP contribution in [0.2, 0.25) is 0 Å². The lowest BCUT2D eigenvalue weighted by Gasteiger charge is -2.52. The number of rotatable bonds is 2. The maximum Gasteiger partial charge on any atom is 0.303 e. The van der Waals surface area contributed by atoms with Gasteiger partial charge in [-0.15, -0.1) is 0 Å². The first-order valence-electron chi connectivity index (χ1n) is 6.94. The summed E-state index contributed by atoms with van der Waals surface area (Å²) in [4.78, 5) is 11.1. The maximum atomic E-state index is 11.1. The SMILES string of the molecule is Cc1ccc2c(c1)C1(CCC1)C(CC(=O)O)CC2. The Labute approximate surface area is 108 Å². The van der Waals surface area contributed by atoms with Crippen molar-refractivity contribution in [3.63, 3.8) is 0 Å². The smallest absolute Gasteiger partial charge is 0.303 e. The van der Waals surface area contributed by atoms with Crippen LogP contribution in [0.15, 0.2) is 18.2 Å². The number of carboxylic acid groups (broad SMARTS) is 1. The molecule has 0 saturated heterocycles. The van der Waals surface area contributed by atoms with Crippen molar-refractivity contribution < 1.29 is 9.90 Å². The fourth-order valence-electron chi connectivity index (χ4n) is 3.94. The van der Waals surface area contributed by atoms with Crippen LogP contribution < -0.4 is 0 Å². The molecule has 0 aromatic heterocycles. The lowest BCUT2D eigenvalue weighted by Crippen LogP contribution is -2.46.